The average Bonchev–Trinajstić information content (AvgIpc) is 2.35. The smallest absolute Gasteiger partial charge is 0.308 e. The molecule has 1 aromatic carbocycles. The fourth-order valence-electron chi connectivity index (χ4n) is 1.96. The van der Waals surface area contributed by atoms with Gasteiger partial charge in [-0.1, -0.05) is 32.9 Å². The molecule has 0 amide bonds. The van der Waals surface area contributed by atoms with E-state index < -0.39 is 5.97 Å². The van der Waals surface area contributed by atoms with Gasteiger partial charge in [0, 0.05) is 19.3 Å². The number of aryl methyl sites for hydroxylation is 1. The molecule has 0 radical (unpaired) electrons. The molecule has 1 N–H and O–H groups in total. The molecule has 0 spiro atoms. The van der Waals surface area contributed by atoms with Crippen LogP contribution in [0.1, 0.15) is 26.3 Å². The van der Waals surface area contributed by atoms with E-state index in [-0.39, 0.29) is 11.8 Å². The second-order valence-electron chi connectivity index (χ2n) is 5.09. The van der Waals surface area contributed by atoms with Gasteiger partial charge in [-0.2, -0.15) is 0 Å². The fraction of sp³-hybridized carbons (Fsp3) is 0.533. The van der Waals surface area contributed by atoms with Gasteiger partial charge >= 0.3 is 5.97 Å². The number of nitrogens with zero attached hydrogens (tertiary/aromatic N) is 1. The number of aliphatic carboxylic acids is 1. The molecule has 0 aliphatic carbocycles. The van der Waals surface area contributed by atoms with E-state index in [4.69, 9.17) is 0 Å². The first-order valence-electron chi connectivity index (χ1n) is 6.48. The maximum Gasteiger partial charge on any atom is 0.308 e. The van der Waals surface area contributed by atoms with E-state index in [0.29, 0.717) is 6.54 Å². The summed E-state index contributed by atoms with van der Waals surface area (Å²) in [6.07, 6.45) is 1.02. The van der Waals surface area contributed by atoms with Crippen molar-refractivity contribution < 1.29 is 9.90 Å². The normalized spacial score (nSPS) is 12.5. The van der Waals surface area contributed by atoms with Gasteiger partial charge in [-0.25, -0.2) is 0 Å². The molecule has 0 saturated heterocycles. The van der Waals surface area contributed by atoms with Gasteiger partial charge in [0.15, 0.2) is 0 Å². The zero-order valence-electron chi connectivity index (χ0n) is 11.7. The SMILES string of the molecule is CCc1ccc(N(C)CC(C(=O)O)C(C)C)cc1. The molecule has 0 aliphatic heterocycles. The lowest BCUT2D eigenvalue weighted by Crippen LogP contribution is -2.33. The summed E-state index contributed by atoms with van der Waals surface area (Å²) in [5.74, 6) is -0.914. The first-order valence-corrected chi connectivity index (χ1v) is 6.48. The first-order chi connectivity index (χ1) is 8.45. The van der Waals surface area contributed by atoms with Crippen molar-refractivity contribution in [3.63, 3.8) is 0 Å². The number of carbonyl (C=O) groups is 1. The van der Waals surface area contributed by atoms with Crippen LogP contribution < -0.4 is 4.90 Å². The van der Waals surface area contributed by atoms with Crippen LogP contribution in [0.4, 0.5) is 5.69 Å². The predicted molar refractivity (Wildman–Crippen MR) is 75.1 cm³/mol. The quantitative estimate of drug-likeness (QED) is 0.842. The fourth-order valence-corrected chi connectivity index (χ4v) is 1.96. The monoisotopic (exact) mass is 249 g/mol. The minimum atomic E-state index is -0.720. The lowest BCUT2D eigenvalue weighted by molar-refractivity contribution is -0.142. The molecule has 1 unspecified atom stereocenters. The summed E-state index contributed by atoms with van der Waals surface area (Å²) in [6.45, 7) is 6.57. The van der Waals surface area contributed by atoms with E-state index >= 15 is 0 Å². The van der Waals surface area contributed by atoms with E-state index in [1.54, 1.807) is 0 Å². The molecule has 100 valence electrons. The van der Waals surface area contributed by atoms with Crippen LogP contribution in [-0.2, 0) is 11.2 Å². The van der Waals surface area contributed by atoms with Crippen molar-refractivity contribution in [1.29, 1.82) is 0 Å². The van der Waals surface area contributed by atoms with E-state index in [9.17, 15) is 9.90 Å². The highest BCUT2D eigenvalue weighted by Crippen LogP contribution is 2.19. The number of rotatable bonds is 6. The van der Waals surface area contributed by atoms with Crippen LogP contribution in [0.2, 0.25) is 0 Å². The van der Waals surface area contributed by atoms with Gasteiger partial charge < -0.3 is 10.0 Å². The Morgan fingerprint density at radius 1 is 1.28 bits per heavy atom. The van der Waals surface area contributed by atoms with Crippen molar-refractivity contribution >= 4 is 11.7 Å². The van der Waals surface area contributed by atoms with Crippen LogP contribution in [0.5, 0.6) is 0 Å². The molecule has 1 rings (SSSR count). The third kappa shape index (κ3) is 3.76. The van der Waals surface area contributed by atoms with Crippen LogP contribution >= 0.6 is 0 Å². The Kier molecular flexibility index (Phi) is 5.20. The Morgan fingerprint density at radius 3 is 2.22 bits per heavy atom. The molecule has 0 saturated carbocycles. The minimum absolute atomic E-state index is 0.139. The lowest BCUT2D eigenvalue weighted by Gasteiger charge is -2.25. The zero-order valence-corrected chi connectivity index (χ0v) is 11.7. The molecule has 0 aromatic heterocycles. The minimum Gasteiger partial charge on any atom is -0.481 e. The van der Waals surface area contributed by atoms with Crippen LogP contribution in [0.15, 0.2) is 24.3 Å². The van der Waals surface area contributed by atoms with E-state index in [2.05, 4.69) is 31.2 Å². The molecule has 0 heterocycles. The Balaban J connectivity index is 2.73. The number of anilines is 1. The highest BCUT2D eigenvalue weighted by molar-refractivity contribution is 5.71. The zero-order chi connectivity index (χ0) is 13.7. The van der Waals surface area contributed by atoms with Gasteiger partial charge in [0.05, 0.1) is 5.92 Å². The second kappa shape index (κ2) is 6.43. The largest absolute Gasteiger partial charge is 0.481 e. The molecule has 0 fully saturated rings. The molecule has 18 heavy (non-hydrogen) atoms. The molecule has 1 atom stereocenters. The molecular formula is C15H23NO2. The van der Waals surface area contributed by atoms with Gasteiger partial charge in [0.1, 0.15) is 0 Å². The summed E-state index contributed by atoms with van der Waals surface area (Å²) >= 11 is 0. The van der Waals surface area contributed by atoms with Crippen molar-refractivity contribution in [2.24, 2.45) is 11.8 Å². The molecule has 3 heteroatoms. The van der Waals surface area contributed by atoms with Crippen molar-refractivity contribution in [2.75, 3.05) is 18.5 Å². The second-order valence-corrected chi connectivity index (χ2v) is 5.09. The Morgan fingerprint density at radius 2 is 1.83 bits per heavy atom. The average molecular weight is 249 g/mol. The summed E-state index contributed by atoms with van der Waals surface area (Å²) in [4.78, 5) is 13.2. The van der Waals surface area contributed by atoms with Gasteiger partial charge in [-0.3, -0.25) is 4.79 Å². The highest BCUT2D eigenvalue weighted by atomic mass is 16.4. The van der Waals surface area contributed by atoms with E-state index in [0.717, 1.165) is 12.1 Å². The molecule has 3 nitrogen and oxygen atoms in total. The van der Waals surface area contributed by atoms with Crippen molar-refractivity contribution in [2.45, 2.75) is 27.2 Å². The number of benzene rings is 1. The van der Waals surface area contributed by atoms with Crippen LogP contribution in [0.25, 0.3) is 0 Å². The molecule has 0 bridgehead atoms. The standard InChI is InChI=1S/C15H23NO2/c1-5-12-6-8-13(9-7-12)16(4)10-14(11(2)3)15(17)18/h6-9,11,14H,5,10H2,1-4H3,(H,17,18). The van der Waals surface area contributed by atoms with Gasteiger partial charge in [0.2, 0.25) is 0 Å². The first kappa shape index (κ1) is 14.6. The van der Waals surface area contributed by atoms with E-state index in [1.807, 2.05) is 25.8 Å². The van der Waals surface area contributed by atoms with Crippen molar-refractivity contribution in [1.82, 2.24) is 0 Å². The van der Waals surface area contributed by atoms with Gasteiger partial charge in [-0.05, 0) is 30.0 Å². The molecule has 1 aromatic rings. The van der Waals surface area contributed by atoms with Crippen LogP contribution in [0.3, 0.4) is 0 Å². The van der Waals surface area contributed by atoms with Crippen molar-refractivity contribution in [3.05, 3.63) is 29.8 Å². The summed E-state index contributed by atoms with van der Waals surface area (Å²) in [5.41, 5.74) is 2.37. The maximum absolute atomic E-state index is 11.2. The van der Waals surface area contributed by atoms with Gasteiger partial charge in [0.25, 0.3) is 0 Å². The lowest BCUT2D eigenvalue weighted by atomic mass is 9.95. The van der Waals surface area contributed by atoms with Gasteiger partial charge in [-0.15, -0.1) is 0 Å². The third-order valence-corrected chi connectivity index (χ3v) is 3.38. The summed E-state index contributed by atoms with van der Waals surface area (Å²) in [7, 11) is 1.94. The topological polar surface area (TPSA) is 40.5 Å². The van der Waals surface area contributed by atoms with Crippen LogP contribution in [-0.4, -0.2) is 24.7 Å². The number of carboxylic acids is 1. The number of hydrogen-bond donors (Lipinski definition) is 1. The summed E-state index contributed by atoms with van der Waals surface area (Å²) in [6, 6.07) is 8.30. The Labute approximate surface area is 109 Å². The Hall–Kier alpha value is -1.51. The summed E-state index contributed by atoms with van der Waals surface area (Å²) < 4.78 is 0. The van der Waals surface area contributed by atoms with Crippen molar-refractivity contribution in [3.8, 4) is 0 Å². The predicted octanol–water partition coefficient (Wildman–Crippen LogP) is 3.04. The third-order valence-electron chi connectivity index (χ3n) is 3.38. The van der Waals surface area contributed by atoms with E-state index in [1.165, 1.54) is 5.56 Å². The Bertz CT molecular complexity index is 384. The highest BCUT2D eigenvalue weighted by Gasteiger charge is 2.23. The number of hydrogen-bond acceptors (Lipinski definition) is 2. The molecule has 0 aliphatic rings. The summed E-state index contributed by atoms with van der Waals surface area (Å²) in [5, 5.41) is 9.19. The maximum atomic E-state index is 11.2. The molecular weight excluding hydrogens is 226 g/mol. The van der Waals surface area contributed by atoms with Crippen LogP contribution in [0, 0.1) is 11.8 Å². The number of carboxylic acid groups (broad SMARTS) is 1.